The van der Waals surface area contributed by atoms with Crippen molar-refractivity contribution in [3.63, 3.8) is 0 Å². The Bertz CT molecular complexity index is 573. The van der Waals surface area contributed by atoms with Crippen molar-refractivity contribution >= 4 is 11.8 Å². The van der Waals surface area contributed by atoms with Crippen molar-refractivity contribution in [2.75, 3.05) is 18.0 Å². The summed E-state index contributed by atoms with van der Waals surface area (Å²) in [5.74, 6) is 1.02. The van der Waals surface area contributed by atoms with Crippen LogP contribution in [0.15, 0.2) is 12.5 Å². The van der Waals surface area contributed by atoms with E-state index in [1.54, 1.807) is 0 Å². The van der Waals surface area contributed by atoms with Crippen LogP contribution in [0.1, 0.15) is 40.0 Å². The first-order chi connectivity index (χ1) is 10.8. The monoisotopic (exact) mass is 321 g/mol. The van der Waals surface area contributed by atoms with Crippen molar-refractivity contribution in [1.29, 1.82) is 0 Å². The number of ether oxygens (including phenoxy) is 1. The summed E-state index contributed by atoms with van der Waals surface area (Å²) < 4.78 is 19.4. The average molecular weight is 321 g/mol. The van der Waals surface area contributed by atoms with Crippen LogP contribution in [-0.4, -0.2) is 34.6 Å². The van der Waals surface area contributed by atoms with Gasteiger partial charge in [0, 0.05) is 19.5 Å². The summed E-state index contributed by atoms with van der Waals surface area (Å²) in [7, 11) is 0. The molecule has 0 N–H and O–H groups in total. The number of carbonyl (C=O) groups excluding carboxylic acids is 1. The molecule has 1 aromatic rings. The van der Waals surface area contributed by atoms with Crippen LogP contribution in [0.25, 0.3) is 0 Å². The van der Waals surface area contributed by atoms with Crippen LogP contribution in [0, 0.1) is 23.6 Å². The molecule has 1 saturated carbocycles. The summed E-state index contributed by atoms with van der Waals surface area (Å²) in [5.41, 5.74) is -0.444. The van der Waals surface area contributed by atoms with Crippen molar-refractivity contribution in [3.8, 4) is 0 Å². The zero-order valence-electron chi connectivity index (χ0n) is 14.0. The highest BCUT2D eigenvalue weighted by molar-refractivity contribution is 5.70. The first-order valence-electron chi connectivity index (χ1n) is 8.26. The van der Waals surface area contributed by atoms with Gasteiger partial charge >= 0.3 is 5.97 Å². The van der Waals surface area contributed by atoms with Crippen molar-refractivity contribution < 1.29 is 13.9 Å². The lowest BCUT2D eigenvalue weighted by Crippen LogP contribution is -2.43. The average Bonchev–Trinajstić information content (AvgIpc) is 2.68. The normalized spacial score (nSPS) is 27.1. The molecule has 2 fully saturated rings. The predicted octanol–water partition coefficient (Wildman–Crippen LogP) is 2.81. The molecule has 0 radical (unpaired) electrons. The molecule has 3 atom stereocenters. The number of piperidine rings is 1. The lowest BCUT2D eigenvalue weighted by Gasteiger charge is -2.38. The van der Waals surface area contributed by atoms with Gasteiger partial charge in [-0.1, -0.05) is 0 Å². The first kappa shape index (κ1) is 16.1. The molecule has 2 aliphatic rings. The Labute approximate surface area is 136 Å². The number of hydrogen-bond donors (Lipinski definition) is 0. The van der Waals surface area contributed by atoms with E-state index in [9.17, 15) is 9.18 Å². The Morgan fingerprint density at radius 1 is 1.35 bits per heavy atom. The van der Waals surface area contributed by atoms with E-state index in [0.29, 0.717) is 30.0 Å². The van der Waals surface area contributed by atoms with Crippen LogP contribution in [-0.2, 0) is 9.53 Å². The smallest absolute Gasteiger partial charge is 0.306 e. The molecule has 126 valence electrons. The molecule has 0 spiro atoms. The van der Waals surface area contributed by atoms with Crippen LogP contribution in [0.3, 0.4) is 0 Å². The summed E-state index contributed by atoms with van der Waals surface area (Å²) in [4.78, 5) is 21.9. The van der Waals surface area contributed by atoms with Gasteiger partial charge in [-0.05, 0) is 51.4 Å². The van der Waals surface area contributed by atoms with Gasteiger partial charge in [0.1, 0.15) is 11.9 Å². The second-order valence-corrected chi connectivity index (χ2v) is 7.65. The number of fused-ring (bicyclic) bond motifs is 2. The Hall–Kier alpha value is -1.72. The molecule has 23 heavy (non-hydrogen) atoms. The zero-order chi connectivity index (χ0) is 16.6. The molecule has 3 rings (SSSR count). The Morgan fingerprint density at radius 3 is 2.57 bits per heavy atom. The van der Waals surface area contributed by atoms with Gasteiger partial charge in [0.25, 0.3) is 0 Å². The van der Waals surface area contributed by atoms with Crippen LogP contribution in [0.4, 0.5) is 10.2 Å². The molecule has 2 heterocycles. The van der Waals surface area contributed by atoms with Crippen LogP contribution in [0.5, 0.6) is 0 Å². The molecule has 5 nitrogen and oxygen atoms in total. The van der Waals surface area contributed by atoms with Gasteiger partial charge in [0.05, 0.1) is 6.20 Å². The van der Waals surface area contributed by atoms with Gasteiger partial charge in [-0.2, -0.15) is 0 Å². The Morgan fingerprint density at radius 2 is 2.00 bits per heavy atom. The second kappa shape index (κ2) is 6.06. The number of esters is 1. The summed E-state index contributed by atoms with van der Waals surface area (Å²) in [6.07, 6.45) is 5.22. The fourth-order valence-corrected chi connectivity index (χ4v) is 3.96. The Balaban J connectivity index is 1.66. The predicted molar refractivity (Wildman–Crippen MR) is 84.4 cm³/mol. The second-order valence-electron chi connectivity index (χ2n) is 7.65. The van der Waals surface area contributed by atoms with Gasteiger partial charge in [0.15, 0.2) is 11.6 Å². The number of halogens is 1. The van der Waals surface area contributed by atoms with Gasteiger partial charge in [-0.3, -0.25) is 4.79 Å². The van der Waals surface area contributed by atoms with E-state index in [-0.39, 0.29) is 11.8 Å². The molecule has 1 aromatic heterocycles. The topological polar surface area (TPSA) is 55.3 Å². The number of hydrogen-bond acceptors (Lipinski definition) is 5. The van der Waals surface area contributed by atoms with E-state index in [1.165, 1.54) is 12.5 Å². The number of aromatic nitrogens is 2. The molecule has 0 aromatic carbocycles. The summed E-state index contributed by atoms with van der Waals surface area (Å²) in [6.45, 7) is 7.16. The molecule has 1 saturated heterocycles. The minimum Gasteiger partial charge on any atom is -0.460 e. The highest BCUT2D eigenvalue weighted by Gasteiger charge is 2.44. The van der Waals surface area contributed by atoms with E-state index in [4.69, 9.17) is 4.74 Å². The minimum absolute atomic E-state index is 0.124. The fraction of sp³-hybridized carbons (Fsp3) is 0.706. The molecular formula is C17H24FN3O2. The first-order valence-corrected chi connectivity index (χ1v) is 8.26. The number of anilines is 1. The lowest BCUT2D eigenvalue weighted by molar-refractivity contribution is -0.156. The fourth-order valence-electron chi connectivity index (χ4n) is 3.96. The molecule has 0 amide bonds. The van der Waals surface area contributed by atoms with E-state index < -0.39 is 5.60 Å². The standard InChI is InChI=1S/C17H24FN3O2/c1-17(2,3)23-15(22)6-13-11-4-5-12(13)9-21(8-11)16-14(18)7-19-10-20-16/h7,10-13H,4-6,8-9H2,1-3H3/t11-,12+,13?. The van der Waals surface area contributed by atoms with Crippen molar-refractivity contribution in [2.24, 2.45) is 17.8 Å². The molecule has 1 aliphatic carbocycles. The summed E-state index contributed by atoms with van der Waals surface area (Å²) >= 11 is 0. The minimum atomic E-state index is -0.444. The quantitative estimate of drug-likeness (QED) is 0.801. The maximum Gasteiger partial charge on any atom is 0.306 e. The van der Waals surface area contributed by atoms with E-state index in [1.807, 2.05) is 25.7 Å². The van der Waals surface area contributed by atoms with E-state index in [0.717, 1.165) is 25.9 Å². The van der Waals surface area contributed by atoms with Gasteiger partial charge < -0.3 is 9.64 Å². The maximum atomic E-state index is 13.9. The molecule has 1 unspecified atom stereocenters. The highest BCUT2D eigenvalue weighted by atomic mass is 19.1. The van der Waals surface area contributed by atoms with Crippen LogP contribution < -0.4 is 4.90 Å². The highest BCUT2D eigenvalue weighted by Crippen LogP contribution is 2.45. The number of rotatable bonds is 3. The van der Waals surface area contributed by atoms with Gasteiger partial charge in [-0.25, -0.2) is 14.4 Å². The molecule has 2 bridgehead atoms. The third-order valence-corrected chi connectivity index (χ3v) is 4.80. The third kappa shape index (κ3) is 3.62. The zero-order valence-corrected chi connectivity index (χ0v) is 14.0. The van der Waals surface area contributed by atoms with Crippen LogP contribution >= 0.6 is 0 Å². The van der Waals surface area contributed by atoms with E-state index in [2.05, 4.69) is 9.97 Å². The molecule has 6 heteroatoms. The number of nitrogens with zero attached hydrogens (tertiary/aromatic N) is 3. The SMILES string of the molecule is CC(C)(C)OC(=O)CC1[C@@H]2CC[C@H]1CN(c1ncncc1F)C2. The summed E-state index contributed by atoms with van der Waals surface area (Å²) in [6, 6.07) is 0. The largest absolute Gasteiger partial charge is 0.460 e. The third-order valence-electron chi connectivity index (χ3n) is 4.80. The summed E-state index contributed by atoms with van der Waals surface area (Å²) in [5, 5.41) is 0. The van der Waals surface area contributed by atoms with Crippen molar-refractivity contribution in [1.82, 2.24) is 9.97 Å². The van der Waals surface area contributed by atoms with Crippen LogP contribution in [0.2, 0.25) is 0 Å². The Kier molecular flexibility index (Phi) is 4.25. The lowest BCUT2D eigenvalue weighted by atomic mass is 9.82. The maximum absolute atomic E-state index is 13.9. The van der Waals surface area contributed by atoms with Gasteiger partial charge in [-0.15, -0.1) is 0 Å². The number of carbonyl (C=O) groups is 1. The van der Waals surface area contributed by atoms with E-state index >= 15 is 0 Å². The van der Waals surface area contributed by atoms with Crippen molar-refractivity contribution in [3.05, 3.63) is 18.3 Å². The van der Waals surface area contributed by atoms with Crippen molar-refractivity contribution in [2.45, 2.75) is 45.6 Å². The molecular weight excluding hydrogens is 297 g/mol. The van der Waals surface area contributed by atoms with Gasteiger partial charge in [0.2, 0.25) is 0 Å². The molecule has 1 aliphatic heterocycles.